The minimum Gasteiger partial charge on any atom is -0.459 e. The highest BCUT2D eigenvalue weighted by Crippen LogP contribution is 2.04. The summed E-state index contributed by atoms with van der Waals surface area (Å²) in [6.07, 6.45) is 1.45. The van der Waals surface area contributed by atoms with Crippen LogP contribution in [-0.2, 0) is 0 Å². The number of aliphatic hydroxyl groups excluding tert-OH is 1. The van der Waals surface area contributed by atoms with Crippen molar-refractivity contribution in [2.24, 2.45) is 5.92 Å². The van der Waals surface area contributed by atoms with Crippen LogP contribution in [0, 0.1) is 5.92 Å². The molecule has 4 nitrogen and oxygen atoms in total. The molecule has 1 rings (SSSR count). The smallest absolute Gasteiger partial charge is 0.287 e. The molecule has 0 bridgehead atoms. The number of rotatable bonds is 4. The van der Waals surface area contributed by atoms with Crippen LogP contribution < -0.4 is 5.32 Å². The predicted octanol–water partition coefficient (Wildman–Crippen LogP) is 1.03. The minimum absolute atomic E-state index is 0.0360. The van der Waals surface area contributed by atoms with Gasteiger partial charge in [-0.25, -0.2) is 0 Å². The summed E-state index contributed by atoms with van der Waals surface area (Å²) in [5.41, 5.74) is 0. The molecule has 2 N–H and O–H groups in total. The third-order valence-corrected chi connectivity index (χ3v) is 2.25. The Hall–Kier alpha value is -1.29. The molecular weight excluding hydrogens is 182 g/mol. The van der Waals surface area contributed by atoms with Crippen molar-refractivity contribution in [1.82, 2.24) is 5.32 Å². The van der Waals surface area contributed by atoms with Gasteiger partial charge in [-0.05, 0) is 25.0 Å². The standard InChI is InChI=1S/C10H15NO3/c1-7(6-12)8(2)11-10(13)9-4-3-5-14-9/h3-5,7-8,12H,6H2,1-2H3,(H,11,13). The molecule has 0 fully saturated rings. The Morgan fingerprint density at radius 3 is 2.86 bits per heavy atom. The van der Waals surface area contributed by atoms with Gasteiger partial charge in [0.15, 0.2) is 5.76 Å². The molecule has 0 saturated carbocycles. The SMILES string of the molecule is CC(CO)C(C)NC(=O)c1ccco1. The molecule has 4 heteroatoms. The first-order valence-electron chi connectivity index (χ1n) is 4.60. The number of amides is 1. The lowest BCUT2D eigenvalue weighted by atomic mass is 10.1. The van der Waals surface area contributed by atoms with Gasteiger partial charge in [0.25, 0.3) is 5.91 Å². The first-order valence-corrected chi connectivity index (χ1v) is 4.60. The number of nitrogens with one attached hydrogen (secondary N) is 1. The van der Waals surface area contributed by atoms with Crippen molar-refractivity contribution < 1.29 is 14.3 Å². The normalized spacial score (nSPS) is 14.8. The van der Waals surface area contributed by atoms with E-state index in [-0.39, 0.29) is 24.5 Å². The van der Waals surface area contributed by atoms with Crippen LogP contribution in [0.2, 0.25) is 0 Å². The molecule has 2 atom stereocenters. The summed E-state index contributed by atoms with van der Waals surface area (Å²) in [4.78, 5) is 11.5. The summed E-state index contributed by atoms with van der Waals surface area (Å²) >= 11 is 0. The second kappa shape index (κ2) is 4.81. The fourth-order valence-electron chi connectivity index (χ4n) is 0.986. The minimum atomic E-state index is -0.247. The van der Waals surface area contributed by atoms with E-state index >= 15 is 0 Å². The first-order chi connectivity index (χ1) is 6.65. The van der Waals surface area contributed by atoms with E-state index in [9.17, 15) is 4.79 Å². The number of aliphatic hydroxyl groups is 1. The van der Waals surface area contributed by atoms with Crippen molar-refractivity contribution in [3.63, 3.8) is 0 Å². The molecule has 0 aliphatic heterocycles. The van der Waals surface area contributed by atoms with Gasteiger partial charge in [0.05, 0.1) is 6.26 Å². The number of carbonyl (C=O) groups is 1. The molecule has 78 valence electrons. The maximum atomic E-state index is 11.5. The molecule has 0 spiro atoms. The Labute approximate surface area is 82.9 Å². The molecule has 1 amide bonds. The van der Waals surface area contributed by atoms with Gasteiger partial charge < -0.3 is 14.8 Å². The molecule has 0 aliphatic carbocycles. The molecule has 1 heterocycles. The lowest BCUT2D eigenvalue weighted by Crippen LogP contribution is -2.38. The van der Waals surface area contributed by atoms with Crippen LogP contribution in [-0.4, -0.2) is 23.7 Å². The van der Waals surface area contributed by atoms with Gasteiger partial charge in [-0.1, -0.05) is 6.92 Å². The zero-order valence-corrected chi connectivity index (χ0v) is 8.36. The Morgan fingerprint density at radius 2 is 2.36 bits per heavy atom. The van der Waals surface area contributed by atoms with Gasteiger partial charge in [-0.3, -0.25) is 4.79 Å². The summed E-state index contributed by atoms with van der Waals surface area (Å²) in [7, 11) is 0. The Kier molecular flexibility index (Phi) is 3.71. The average Bonchev–Trinajstić information content (AvgIpc) is 2.69. The largest absolute Gasteiger partial charge is 0.459 e. The summed E-state index contributed by atoms with van der Waals surface area (Å²) in [5, 5.41) is 11.6. The van der Waals surface area contributed by atoms with Crippen molar-refractivity contribution in [1.29, 1.82) is 0 Å². The van der Waals surface area contributed by atoms with Crippen molar-refractivity contribution >= 4 is 5.91 Å². The molecule has 1 aromatic heterocycles. The average molecular weight is 197 g/mol. The molecule has 14 heavy (non-hydrogen) atoms. The number of carbonyl (C=O) groups excluding carboxylic acids is 1. The highest BCUT2D eigenvalue weighted by Gasteiger charge is 2.16. The topological polar surface area (TPSA) is 62.5 Å². The molecule has 1 aromatic rings. The maximum absolute atomic E-state index is 11.5. The van der Waals surface area contributed by atoms with Crippen molar-refractivity contribution in [2.45, 2.75) is 19.9 Å². The zero-order valence-electron chi connectivity index (χ0n) is 8.36. The monoisotopic (exact) mass is 197 g/mol. The second-order valence-electron chi connectivity index (χ2n) is 3.40. The third-order valence-electron chi connectivity index (χ3n) is 2.25. The zero-order chi connectivity index (χ0) is 10.6. The molecular formula is C10H15NO3. The number of hydrogen-bond acceptors (Lipinski definition) is 3. The van der Waals surface area contributed by atoms with Crippen LogP contribution in [0.3, 0.4) is 0 Å². The maximum Gasteiger partial charge on any atom is 0.287 e. The van der Waals surface area contributed by atoms with Crippen molar-refractivity contribution in [2.75, 3.05) is 6.61 Å². The van der Waals surface area contributed by atoms with E-state index in [1.165, 1.54) is 6.26 Å². The van der Waals surface area contributed by atoms with Crippen LogP contribution in [0.15, 0.2) is 22.8 Å². The molecule has 0 radical (unpaired) electrons. The number of furan rings is 1. The van der Waals surface area contributed by atoms with E-state index in [1.807, 2.05) is 13.8 Å². The fourth-order valence-corrected chi connectivity index (χ4v) is 0.986. The Morgan fingerprint density at radius 1 is 1.64 bits per heavy atom. The predicted molar refractivity (Wildman–Crippen MR) is 51.9 cm³/mol. The fraction of sp³-hybridized carbons (Fsp3) is 0.500. The molecule has 0 aliphatic rings. The van der Waals surface area contributed by atoms with Crippen LogP contribution in [0.25, 0.3) is 0 Å². The van der Waals surface area contributed by atoms with E-state index in [2.05, 4.69) is 5.32 Å². The Balaban J connectivity index is 2.49. The third kappa shape index (κ3) is 2.60. The van der Waals surface area contributed by atoms with Crippen LogP contribution in [0.4, 0.5) is 0 Å². The van der Waals surface area contributed by atoms with Gasteiger partial charge in [0, 0.05) is 12.6 Å². The van der Waals surface area contributed by atoms with Gasteiger partial charge in [-0.15, -0.1) is 0 Å². The van der Waals surface area contributed by atoms with Crippen LogP contribution in [0.5, 0.6) is 0 Å². The summed E-state index contributed by atoms with van der Waals surface area (Å²) < 4.78 is 4.94. The quantitative estimate of drug-likeness (QED) is 0.757. The van der Waals surface area contributed by atoms with E-state index in [0.717, 1.165) is 0 Å². The highest BCUT2D eigenvalue weighted by molar-refractivity contribution is 5.91. The van der Waals surface area contributed by atoms with E-state index < -0.39 is 0 Å². The van der Waals surface area contributed by atoms with E-state index in [1.54, 1.807) is 12.1 Å². The summed E-state index contributed by atoms with van der Waals surface area (Å²) in [6, 6.07) is 3.19. The Bertz CT molecular complexity index is 282. The summed E-state index contributed by atoms with van der Waals surface area (Å²) in [5.74, 6) is 0.0821. The number of hydrogen-bond donors (Lipinski definition) is 2. The lowest BCUT2D eigenvalue weighted by molar-refractivity contribution is 0.0888. The molecule has 2 unspecified atom stereocenters. The van der Waals surface area contributed by atoms with Crippen LogP contribution >= 0.6 is 0 Å². The first kappa shape index (κ1) is 10.8. The van der Waals surface area contributed by atoms with Gasteiger partial charge in [0.2, 0.25) is 0 Å². The van der Waals surface area contributed by atoms with Gasteiger partial charge >= 0.3 is 0 Å². The molecule has 0 saturated heterocycles. The van der Waals surface area contributed by atoms with Crippen LogP contribution in [0.1, 0.15) is 24.4 Å². The van der Waals surface area contributed by atoms with Crippen molar-refractivity contribution in [3.05, 3.63) is 24.2 Å². The molecule has 0 aromatic carbocycles. The summed E-state index contributed by atoms with van der Waals surface area (Å²) in [6.45, 7) is 3.77. The highest BCUT2D eigenvalue weighted by atomic mass is 16.3. The van der Waals surface area contributed by atoms with E-state index in [0.29, 0.717) is 5.76 Å². The van der Waals surface area contributed by atoms with Crippen molar-refractivity contribution in [3.8, 4) is 0 Å². The van der Waals surface area contributed by atoms with Gasteiger partial charge in [0.1, 0.15) is 0 Å². The second-order valence-corrected chi connectivity index (χ2v) is 3.40. The van der Waals surface area contributed by atoms with Gasteiger partial charge in [-0.2, -0.15) is 0 Å². The van der Waals surface area contributed by atoms with E-state index in [4.69, 9.17) is 9.52 Å². The lowest BCUT2D eigenvalue weighted by Gasteiger charge is -2.18.